The Kier molecular flexibility index (Phi) is 4.41. The molecule has 1 aromatic heterocycles. The summed E-state index contributed by atoms with van der Waals surface area (Å²) in [6.45, 7) is 1.95. The molecular weight excluding hydrogens is 358 g/mol. The number of nitriles is 1. The zero-order valence-corrected chi connectivity index (χ0v) is 15.2. The molecule has 4 rings (SSSR count). The van der Waals surface area contributed by atoms with Crippen molar-refractivity contribution in [2.75, 3.05) is 4.90 Å². The molecule has 6 heteroatoms. The molecule has 3 aromatic rings. The zero-order valence-electron chi connectivity index (χ0n) is 14.5. The molecule has 0 amide bonds. The summed E-state index contributed by atoms with van der Waals surface area (Å²) in [6.07, 6.45) is 7.21. The quantitative estimate of drug-likeness (QED) is 0.629. The largest absolute Gasteiger partial charge is 0.318 e. The lowest BCUT2D eigenvalue weighted by Gasteiger charge is -2.21. The zero-order chi connectivity index (χ0) is 18.8. The van der Waals surface area contributed by atoms with E-state index in [9.17, 15) is 5.26 Å². The van der Waals surface area contributed by atoms with Crippen LogP contribution in [0.3, 0.4) is 0 Å². The first kappa shape index (κ1) is 17.0. The highest BCUT2D eigenvalue weighted by Crippen LogP contribution is 2.34. The smallest absolute Gasteiger partial charge is 0.167 e. The lowest BCUT2D eigenvalue weighted by atomic mass is 10.1. The van der Waals surface area contributed by atoms with Gasteiger partial charge in [-0.1, -0.05) is 41.9 Å². The molecule has 27 heavy (non-hydrogen) atoms. The van der Waals surface area contributed by atoms with Gasteiger partial charge in [-0.2, -0.15) is 5.26 Å². The molecule has 0 spiro atoms. The fourth-order valence-electron chi connectivity index (χ4n) is 2.90. The van der Waals surface area contributed by atoms with E-state index >= 15 is 0 Å². The van der Waals surface area contributed by atoms with E-state index in [4.69, 9.17) is 16.6 Å². The van der Waals surface area contributed by atoms with E-state index < -0.39 is 0 Å². The molecule has 0 bridgehead atoms. The Balaban J connectivity index is 1.92. The van der Waals surface area contributed by atoms with Crippen LogP contribution in [0, 0.1) is 11.3 Å². The molecule has 1 aliphatic rings. The minimum absolute atomic E-state index is 0.275. The minimum atomic E-state index is 0.275. The van der Waals surface area contributed by atoms with Crippen molar-refractivity contribution < 1.29 is 0 Å². The maximum Gasteiger partial charge on any atom is 0.167 e. The number of rotatable bonds is 2. The molecule has 0 saturated heterocycles. The topological polar surface area (TPSA) is 65.2 Å². The van der Waals surface area contributed by atoms with Gasteiger partial charge in [-0.05, 0) is 25.1 Å². The van der Waals surface area contributed by atoms with Crippen molar-refractivity contribution in [3.63, 3.8) is 0 Å². The maximum absolute atomic E-state index is 9.51. The normalized spacial score (nSPS) is 13.4. The molecule has 0 fully saturated rings. The van der Waals surface area contributed by atoms with Crippen LogP contribution in [-0.4, -0.2) is 16.2 Å². The van der Waals surface area contributed by atoms with Crippen molar-refractivity contribution in [2.45, 2.75) is 6.92 Å². The van der Waals surface area contributed by atoms with Gasteiger partial charge in [0, 0.05) is 29.9 Å². The van der Waals surface area contributed by atoms with Crippen LogP contribution < -0.4 is 4.90 Å². The van der Waals surface area contributed by atoms with E-state index in [1.54, 1.807) is 18.5 Å². The van der Waals surface area contributed by atoms with E-state index in [0.29, 0.717) is 21.7 Å². The maximum atomic E-state index is 9.51. The molecule has 5 nitrogen and oxygen atoms in total. The predicted molar refractivity (Wildman–Crippen MR) is 109 cm³/mol. The highest BCUT2D eigenvalue weighted by atomic mass is 35.5. The van der Waals surface area contributed by atoms with Gasteiger partial charge in [-0.3, -0.25) is 4.99 Å². The number of hydrogen-bond acceptors (Lipinski definition) is 5. The second kappa shape index (κ2) is 7.02. The number of fused-ring (bicyclic) bond motifs is 1. The Morgan fingerprint density at radius 3 is 2.63 bits per heavy atom. The Morgan fingerprint density at radius 1 is 1.07 bits per heavy atom. The van der Waals surface area contributed by atoms with Gasteiger partial charge >= 0.3 is 0 Å². The van der Waals surface area contributed by atoms with Crippen LogP contribution in [0.5, 0.6) is 0 Å². The first-order chi connectivity index (χ1) is 13.2. The molecule has 0 N–H and O–H groups in total. The molecule has 0 radical (unpaired) electrons. The summed E-state index contributed by atoms with van der Waals surface area (Å²) in [5.41, 5.74) is 4.62. The van der Waals surface area contributed by atoms with Gasteiger partial charge < -0.3 is 4.90 Å². The highest BCUT2D eigenvalue weighted by molar-refractivity contribution is 6.34. The van der Waals surface area contributed by atoms with Crippen molar-refractivity contribution in [2.24, 2.45) is 4.99 Å². The second-order valence-electron chi connectivity index (χ2n) is 5.97. The van der Waals surface area contributed by atoms with Crippen LogP contribution in [0.2, 0.25) is 5.02 Å². The van der Waals surface area contributed by atoms with Gasteiger partial charge in [0.2, 0.25) is 0 Å². The van der Waals surface area contributed by atoms with E-state index in [2.05, 4.69) is 16.0 Å². The Labute approximate surface area is 161 Å². The average molecular weight is 372 g/mol. The summed E-state index contributed by atoms with van der Waals surface area (Å²) >= 11 is 6.51. The number of benzene rings is 2. The first-order valence-electron chi connectivity index (χ1n) is 8.30. The third-order valence-electron chi connectivity index (χ3n) is 4.19. The number of aliphatic imine (C=N–C) groups is 1. The van der Waals surface area contributed by atoms with E-state index in [0.717, 1.165) is 16.9 Å². The van der Waals surface area contributed by atoms with E-state index in [1.165, 1.54) is 0 Å². The molecule has 2 aromatic carbocycles. The molecular formula is C21H14ClN5. The first-order valence-corrected chi connectivity index (χ1v) is 8.68. The molecule has 2 heterocycles. The Morgan fingerprint density at radius 2 is 1.85 bits per heavy atom. The van der Waals surface area contributed by atoms with Gasteiger partial charge in [0.15, 0.2) is 5.69 Å². The van der Waals surface area contributed by atoms with Gasteiger partial charge in [0.1, 0.15) is 11.8 Å². The number of allylic oxidation sites excluding steroid dienone is 2. The predicted octanol–water partition coefficient (Wildman–Crippen LogP) is 5.09. The third-order valence-corrected chi connectivity index (χ3v) is 4.50. The molecule has 0 unspecified atom stereocenters. The fourth-order valence-corrected chi connectivity index (χ4v) is 3.15. The third kappa shape index (κ3) is 3.19. The van der Waals surface area contributed by atoms with Crippen LogP contribution in [0.1, 0.15) is 12.6 Å². The second-order valence-corrected chi connectivity index (χ2v) is 6.38. The molecule has 0 atom stereocenters. The number of hydrogen-bond donors (Lipinski definition) is 0. The number of halogens is 1. The number of aromatic nitrogens is 2. The van der Waals surface area contributed by atoms with Gasteiger partial charge in [0.05, 0.1) is 21.7 Å². The van der Waals surface area contributed by atoms with Gasteiger partial charge in [0.25, 0.3) is 0 Å². The number of anilines is 1. The van der Waals surface area contributed by atoms with Crippen molar-refractivity contribution >= 4 is 34.5 Å². The molecule has 1 aliphatic heterocycles. The van der Waals surface area contributed by atoms with Crippen LogP contribution in [0.4, 0.5) is 5.69 Å². The van der Waals surface area contributed by atoms with E-state index in [-0.39, 0.29) is 5.69 Å². The SMILES string of the molecule is CC1=CN=CC=CN1c1cc2nc(-c3ccccc3)c(C#N)nc2cc1Cl. The van der Waals surface area contributed by atoms with Crippen LogP contribution in [0.15, 0.2) is 71.6 Å². The molecule has 0 saturated carbocycles. The van der Waals surface area contributed by atoms with Crippen molar-refractivity contribution in [1.29, 1.82) is 5.26 Å². The monoisotopic (exact) mass is 371 g/mol. The number of nitrogens with zero attached hydrogens (tertiary/aromatic N) is 5. The van der Waals surface area contributed by atoms with Crippen LogP contribution in [-0.2, 0) is 0 Å². The van der Waals surface area contributed by atoms with Crippen LogP contribution in [0.25, 0.3) is 22.3 Å². The van der Waals surface area contributed by atoms with Crippen LogP contribution >= 0.6 is 11.6 Å². The highest BCUT2D eigenvalue weighted by Gasteiger charge is 2.16. The fraction of sp³-hybridized carbons (Fsp3) is 0.0476. The van der Waals surface area contributed by atoms with E-state index in [1.807, 2.05) is 60.5 Å². The Hall–Kier alpha value is -3.49. The molecule has 130 valence electrons. The average Bonchev–Trinajstić information content (AvgIpc) is 2.91. The summed E-state index contributed by atoms with van der Waals surface area (Å²) < 4.78 is 0. The van der Waals surface area contributed by atoms with Crippen molar-refractivity contribution in [1.82, 2.24) is 9.97 Å². The van der Waals surface area contributed by atoms with Crippen molar-refractivity contribution in [3.05, 3.63) is 77.4 Å². The summed E-state index contributed by atoms with van der Waals surface area (Å²) in [7, 11) is 0. The summed E-state index contributed by atoms with van der Waals surface area (Å²) in [5, 5.41) is 10.0. The summed E-state index contributed by atoms with van der Waals surface area (Å²) in [6, 6.07) is 15.3. The van der Waals surface area contributed by atoms with Gasteiger partial charge in [-0.25, -0.2) is 9.97 Å². The molecule has 0 aliphatic carbocycles. The van der Waals surface area contributed by atoms with Crippen molar-refractivity contribution in [3.8, 4) is 17.3 Å². The lowest BCUT2D eigenvalue weighted by molar-refractivity contribution is 1.14. The Bertz CT molecular complexity index is 1160. The summed E-state index contributed by atoms with van der Waals surface area (Å²) in [5.74, 6) is 0. The minimum Gasteiger partial charge on any atom is -0.318 e. The lowest BCUT2D eigenvalue weighted by Crippen LogP contribution is -2.13. The van der Waals surface area contributed by atoms with Gasteiger partial charge in [-0.15, -0.1) is 0 Å². The summed E-state index contributed by atoms with van der Waals surface area (Å²) in [4.78, 5) is 15.3. The standard InChI is InChI=1S/C21H14ClN5/c1-14-13-24-8-5-9-27(14)20-11-18-17(10-16(20)22)25-19(12-23)21(26-18)15-6-3-2-4-7-15/h2-11,13H,1H3.